The third kappa shape index (κ3) is 3.29. The first kappa shape index (κ1) is 18.3. The lowest BCUT2D eigenvalue weighted by Crippen LogP contribution is -2.26. The molecule has 0 N–H and O–H groups in total. The third-order valence-electron chi connectivity index (χ3n) is 3.92. The molecule has 6 heteroatoms. The monoisotopic (exact) mass is 370 g/mol. The maximum atomic E-state index is 12.8. The van der Waals surface area contributed by atoms with Gasteiger partial charge in [0, 0.05) is 18.0 Å². The largest absolute Gasteiger partial charge is 0.443 e. The zero-order chi connectivity index (χ0) is 19.1. The van der Waals surface area contributed by atoms with Crippen molar-refractivity contribution in [3.63, 3.8) is 0 Å². The maximum Gasteiger partial charge on any atom is 0.419 e. The summed E-state index contributed by atoms with van der Waals surface area (Å²) in [5, 5.41) is 0. The van der Waals surface area contributed by atoms with E-state index >= 15 is 0 Å². The van der Waals surface area contributed by atoms with Gasteiger partial charge in [0.1, 0.15) is 5.60 Å². The molecule has 3 rings (SSSR count). The molecule has 136 valence electrons. The second-order valence-corrected chi connectivity index (χ2v) is 8.49. The van der Waals surface area contributed by atoms with Gasteiger partial charge >= 0.3 is 6.09 Å². The Morgan fingerprint density at radius 2 is 2.04 bits per heavy atom. The van der Waals surface area contributed by atoms with Crippen molar-refractivity contribution in [1.82, 2.24) is 9.55 Å². The minimum Gasteiger partial charge on any atom is -0.443 e. The van der Waals surface area contributed by atoms with Gasteiger partial charge in [-0.25, -0.2) is 4.79 Å². The van der Waals surface area contributed by atoms with E-state index in [2.05, 4.69) is 18.8 Å². The zero-order valence-corrected chi connectivity index (χ0v) is 16.4. The summed E-state index contributed by atoms with van der Waals surface area (Å²) >= 11 is 1.39. The molecule has 0 saturated heterocycles. The molecular formula is C20H22N2O3S. The molecule has 3 aromatic rings. The summed E-state index contributed by atoms with van der Waals surface area (Å²) in [4.78, 5) is 29.5. The Morgan fingerprint density at radius 3 is 2.58 bits per heavy atom. The van der Waals surface area contributed by atoms with Gasteiger partial charge in [-0.05, 0) is 44.4 Å². The van der Waals surface area contributed by atoms with Crippen molar-refractivity contribution in [2.45, 2.75) is 46.1 Å². The zero-order valence-electron chi connectivity index (χ0n) is 15.6. The number of aromatic nitrogens is 2. The SMILES string of the molecule is CC(C)c1cn(C(=O)OC(C)(C)C)c2c(-c3ccccn3)c(C=O)sc12. The van der Waals surface area contributed by atoms with Crippen LogP contribution < -0.4 is 0 Å². The number of nitrogens with zero attached hydrogens (tertiary/aromatic N) is 2. The molecule has 3 aromatic heterocycles. The summed E-state index contributed by atoms with van der Waals surface area (Å²) < 4.78 is 8.02. The van der Waals surface area contributed by atoms with Gasteiger partial charge in [-0.1, -0.05) is 19.9 Å². The van der Waals surface area contributed by atoms with Gasteiger partial charge in [0.05, 0.1) is 20.8 Å². The molecule has 0 bridgehead atoms. The lowest BCUT2D eigenvalue weighted by Gasteiger charge is -2.20. The standard InChI is InChI=1S/C20H22N2O3S/c1-12(2)13-10-22(19(24)25-20(3,4)5)17-16(14-8-6-7-9-21-14)15(11-23)26-18(13)17/h6-12H,1-5H3. The van der Waals surface area contributed by atoms with Gasteiger partial charge in [-0.2, -0.15) is 0 Å². The Kier molecular flexibility index (Phi) is 4.71. The van der Waals surface area contributed by atoms with E-state index in [1.54, 1.807) is 6.20 Å². The van der Waals surface area contributed by atoms with Crippen LogP contribution in [-0.4, -0.2) is 27.5 Å². The number of carbonyl (C=O) groups excluding carboxylic acids is 2. The highest BCUT2D eigenvalue weighted by Crippen LogP contribution is 2.42. The van der Waals surface area contributed by atoms with Crippen molar-refractivity contribution in [3.8, 4) is 11.3 Å². The minimum atomic E-state index is -0.611. The van der Waals surface area contributed by atoms with Crippen molar-refractivity contribution in [3.05, 3.63) is 41.0 Å². The highest BCUT2D eigenvalue weighted by molar-refractivity contribution is 7.21. The van der Waals surface area contributed by atoms with Crippen LogP contribution in [-0.2, 0) is 4.74 Å². The van der Waals surface area contributed by atoms with E-state index in [1.165, 1.54) is 15.9 Å². The van der Waals surface area contributed by atoms with Crippen LogP contribution in [0.4, 0.5) is 4.79 Å². The van der Waals surface area contributed by atoms with Crippen LogP contribution in [0.2, 0.25) is 0 Å². The first-order chi connectivity index (χ1) is 12.2. The summed E-state index contributed by atoms with van der Waals surface area (Å²) in [6.45, 7) is 9.63. The van der Waals surface area contributed by atoms with Gasteiger partial charge in [0.15, 0.2) is 6.29 Å². The van der Waals surface area contributed by atoms with Crippen molar-refractivity contribution in [2.24, 2.45) is 0 Å². The van der Waals surface area contributed by atoms with Crippen molar-refractivity contribution >= 4 is 33.9 Å². The number of fused-ring (bicyclic) bond motifs is 1. The molecule has 0 spiro atoms. The summed E-state index contributed by atoms with van der Waals surface area (Å²) in [6.07, 6.45) is 3.87. The second kappa shape index (κ2) is 6.68. The normalized spacial score (nSPS) is 11.9. The van der Waals surface area contributed by atoms with E-state index in [0.29, 0.717) is 21.7 Å². The van der Waals surface area contributed by atoms with Gasteiger partial charge < -0.3 is 4.74 Å². The Morgan fingerprint density at radius 1 is 1.31 bits per heavy atom. The molecular weight excluding hydrogens is 348 g/mol. The smallest absolute Gasteiger partial charge is 0.419 e. The predicted octanol–water partition coefficient (Wildman–Crippen LogP) is 5.48. The van der Waals surface area contributed by atoms with E-state index in [1.807, 2.05) is 45.2 Å². The van der Waals surface area contributed by atoms with Crippen LogP contribution in [0.15, 0.2) is 30.6 Å². The van der Waals surface area contributed by atoms with Crippen LogP contribution in [0.25, 0.3) is 21.5 Å². The summed E-state index contributed by atoms with van der Waals surface area (Å²) in [5.41, 5.74) is 2.44. The quantitative estimate of drug-likeness (QED) is 0.572. The highest BCUT2D eigenvalue weighted by atomic mass is 32.1. The minimum absolute atomic E-state index is 0.205. The molecule has 0 aromatic carbocycles. The molecule has 0 amide bonds. The number of aldehydes is 1. The molecule has 0 aliphatic rings. The van der Waals surface area contributed by atoms with E-state index in [0.717, 1.165) is 16.5 Å². The number of carbonyl (C=O) groups is 2. The Labute approximate surface area is 156 Å². The molecule has 3 heterocycles. The molecule has 0 saturated carbocycles. The first-order valence-corrected chi connectivity index (χ1v) is 9.32. The summed E-state index contributed by atoms with van der Waals surface area (Å²) in [6, 6.07) is 5.53. The number of ether oxygens (including phenoxy) is 1. The summed E-state index contributed by atoms with van der Waals surface area (Å²) in [7, 11) is 0. The van der Waals surface area contributed by atoms with Gasteiger partial charge in [-0.15, -0.1) is 11.3 Å². The van der Waals surface area contributed by atoms with Crippen LogP contribution in [0.5, 0.6) is 0 Å². The molecule has 0 aliphatic carbocycles. The number of thiophene rings is 1. The Balaban J connectivity index is 2.33. The van der Waals surface area contributed by atoms with Gasteiger partial charge in [0.25, 0.3) is 0 Å². The van der Waals surface area contributed by atoms with Crippen molar-refractivity contribution in [1.29, 1.82) is 0 Å². The van der Waals surface area contributed by atoms with Crippen molar-refractivity contribution in [2.75, 3.05) is 0 Å². The molecule has 5 nitrogen and oxygen atoms in total. The van der Waals surface area contributed by atoms with Gasteiger partial charge in [-0.3, -0.25) is 14.3 Å². The van der Waals surface area contributed by atoms with Crippen LogP contribution >= 0.6 is 11.3 Å². The van der Waals surface area contributed by atoms with Gasteiger partial charge in [0.2, 0.25) is 0 Å². The predicted molar refractivity (Wildman–Crippen MR) is 104 cm³/mol. The van der Waals surface area contributed by atoms with E-state index in [-0.39, 0.29) is 5.92 Å². The first-order valence-electron chi connectivity index (χ1n) is 8.50. The number of pyridine rings is 1. The van der Waals surface area contributed by atoms with E-state index < -0.39 is 11.7 Å². The number of rotatable bonds is 3. The molecule has 26 heavy (non-hydrogen) atoms. The fourth-order valence-corrected chi connectivity index (χ4v) is 4.11. The van der Waals surface area contributed by atoms with Crippen molar-refractivity contribution < 1.29 is 14.3 Å². The number of hydrogen-bond donors (Lipinski definition) is 0. The molecule has 0 aliphatic heterocycles. The summed E-state index contributed by atoms with van der Waals surface area (Å²) in [5.74, 6) is 0.205. The maximum absolute atomic E-state index is 12.8. The molecule has 0 atom stereocenters. The van der Waals surface area contributed by atoms with Crippen LogP contribution in [0.1, 0.15) is 55.8 Å². The fourth-order valence-electron chi connectivity index (χ4n) is 2.83. The lowest BCUT2D eigenvalue weighted by molar-refractivity contribution is 0.0544. The Hall–Kier alpha value is -2.47. The highest BCUT2D eigenvalue weighted by Gasteiger charge is 2.27. The Bertz CT molecular complexity index is 963. The molecule has 0 unspecified atom stereocenters. The molecule has 0 radical (unpaired) electrons. The second-order valence-electron chi connectivity index (χ2n) is 7.44. The van der Waals surface area contributed by atoms with Crippen LogP contribution in [0.3, 0.4) is 0 Å². The molecule has 0 fully saturated rings. The third-order valence-corrected chi connectivity index (χ3v) is 5.08. The fraction of sp³-hybridized carbons (Fsp3) is 0.350. The van der Waals surface area contributed by atoms with E-state index in [4.69, 9.17) is 4.74 Å². The average molecular weight is 370 g/mol. The van der Waals surface area contributed by atoms with Crippen LogP contribution in [0, 0.1) is 0 Å². The average Bonchev–Trinajstić information content (AvgIpc) is 3.10. The number of hydrogen-bond acceptors (Lipinski definition) is 5. The van der Waals surface area contributed by atoms with E-state index in [9.17, 15) is 9.59 Å². The topological polar surface area (TPSA) is 61.2 Å². The lowest BCUT2D eigenvalue weighted by atomic mass is 10.1.